The molecule has 2 heterocycles. The van der Waals surface area contributed by atoms with Crippen molar-refractivity contribution in [2.45, 2.75) is 32.4 Å². The predicted octanol–water partition coefficient (Wildman–Crippen LogP) is 5.03. The summed E-state index contributed by atoms with van der Waals surface area (Å²) in [6.45, 7) is 4.39. The number of nitro groups is 1. The molecule has 0 aromatic heterocycles. The van der Waals surface area contributed by atoms with Crippen LogP contribution in [0.15, 0.2) is 48.5 Å². The lowest BCUT2D eigenvalue weighted by atomic mass is 9.78. The molecular formula is C20H19ClN2O3. The van der Waals surface area contributed by atoms with Crippen LogP contribution in [0.3, 0.4) is 0 Å². The quantitative estimate of drug-likeness (QED) is 0.561. The summed E-state index contributed by atoms with van der Waals surface area (Å²) in [5.41, 5.74) is 3.09. The molecule has 2 aliphatic rings. The maximum absolute atomic E-state index is 10.8. The average molecular weight is 371 g/mol. The SMILES string of the molecule is CC1(C)C(C=Cc2ccc([N+](=O)[O-])cc2)ON2c3cccc(Cl)c3CC21. The van der Waals surface area contributed by atoms with E-state index in [0.29, 0.717) is 0 Å². The number of anilines is 1. The molecule has 2 aromatic carbocycles. The molecule has 0 radical (unpaired) electrons. The highest BCUT2D eigenvalue weighted by Crippen LogP contribution is 2.50. The molecule has 26 heavy (non-hydrogen) atoms. The summed E-state index contributed by atoms with van der Waals surface area (Å²) in [5.74, 6) is 0. The second-order valence-corrected chi connectivity index (χ2v) is 7.75. The first-order valence-corrected chi connectivity index (χ1v) is 8.92. The molecule has 0 spiro atoms. The Kier molecular flexibility index (Phi) is 4.01. The summed E-state index contributed by atoms with van der Waals surface area (Å²) in [7, 11) is 0. The Labute approximate surface area is 156 Å². The van der Waals surface area contributed by atoms with Crippen LogP contribution in [-0.2, 0) is 11.3 Å². The number of hydrogen-bond donors (Lipinski definition) is 0. The van der Waals surface area contributed by atoms with Gasteiger partial charge in [-0.25, -0.2) is 5.06 Å². The number of nitro benzene ring substituents is 1. The van der Waals surface area contributed by atoms with Gasteiger partial charge in [-0.15, -0.1) is 0 Å². The van der Waals surface area contributed by atoms with E-state index in [4.69, 9.17) is 16.4 Å². The van der Waals surface area contributed by atoms with Crippen molar-refractivity contribution in [3.8, 4) is 0 Å². The molecule has 2 atom stereocenters. The number of fused-ring (bicyclic) bond motifs is 3. The fraction of sp³-hybridized carbons (Fsp3) is 0.300. The lowest BCUT2D eigenvalue weighted by Crippen LogP contribution is -2.36. The maximum atomic E-state index is 10.8. The molecular weight excluding hydrogens is 352 g/mol. The minimum atomic E-state index is -0.395. The van der Waals surface area contributed by atoms with Gasteiger partial charge in [0.25, 0.3) is 5.69 Å². The number of non-ortho nitro benzene ring substituents is 1. The number of benzene rings is 2. The van der Waals surface area contributed by atoms with E-state index in [-0.39, 0.29) is 23.2 Å². The van der Waals surface area contributed by atoms with Gasteiger partial charge in [0.05, 0.1) is 16.7 Å². The first-order chi connectivity index (χ1) is 12.4. The van der Waals surface area contributed by atoms with Gasteiger partial charge < -0.3 is 0 Å². The molecule has 0 bridgehead atoms. The first kappa shape index (κ1) is 17.1. The Balaban J connectivity index is 1.56. The highest BCUT2D eigenvalue weighted by molar-refractivity contribution is 6.31. The monoisotopic (exact) mass is 370 g/mol. The fourth-order valence-electron chi connectivity index (χ4n) is 3.73. The van der Waals surface area contributed by atoms with E-state index in [9.17, 15) is 10.1 Å². The highest BCUT2D eigenvalue weighted by Gasteiger charge is 2.52. The molecule has 6 heteroatoms. The molecule has 2 unspecified atom stereocenters. The van der Waals surface area contributed by atoms with Crippen molar-refractivity contribution in [1.82, 2.24) is 0 Å². The molecule has 0 amide bonds. The minimum absolute atomic E-state index is 0.0881. The summed E-state index contributed by atoms with van der Waals surface area (Å²) in [5, 5.41) is 13.5. The zero-order valence-electron chi connectivity index (χ0n) is 14.6. The zero-order valence-corrected chi connectivity index (χ0v) is 15.3. The minimum Gasteiger partial charge on any atom is -0.265 e. The van der Waals surface area contributed by atoms with E-state index >= 15 is 0 Å². The number of nitrogens with zero attached hydrogens (tertiary/aromatic N) is 2. The molecule has 1 saturated heterocycles. The Bertz CT molecular complexity index is 892. The van der Waals surface area contributed by atoms with Crippen molar-refractivity contribution in [3.05, 3.63) is 74.8 Å². The van der Waals surface area contributed by atoms with Crippen LogP contribution in [0.4, 0.5) is 11.4 Å². The molecule has 134 valence electrons. The van der Waals surface area contributed by atoms with Gasteiger partial charge in [0.1, 0.15) is 6.10 Å². The second kappa shape index (κ2) is 6.11. The molecule has 0 aliphatic carbocycles. The van der Waals surface area contributed by atoms with Gasteiger partial charge in [-0.1, -0.05) is 43.7 Å². The van der Waals surface area contributed by atoms with Gasteiger partial charge in [-0.2, -0.15) is 0 Å². The van der Waals surface area contributed by atoms with Crippen molar-refractivity contribution < 1.29 is 9.76 Å². The third-order valence-corrected chi connectivity index (χ3v) is 5.75. The Hall–Kier alpha value is -2.37. The number of hydroxylamine groups is 1. The zero-order chi connectivity index (χ0) is 18.5. The van der Waals surface area contributed by atoms with E-state index in [1.54, 1.807) is 12.1 Å². The number of hydrogen-bond acceptors (Lipinski definition) is 4. The molecule has 5 nitrogen and oxygen atoms in total. The van der Waals surface area contributed by atoms with Crippen molar-refractivity contribution >= 4 is 29.1 Å². The maximum Gasteiger partial charge on any atom is 0.269 e. The molecule has 4 rings (SSSR count). The topological polar surface area (TPSA) is 55.6 Å². The van der Waals surface area contributed by atoms with Gasteiger partial charge in [-0.3, -0.25) is 15.0 Å². The van der Waals surface area contributed by atoms with Gasteiger partial charge >= 0.3 is 0 Å². The second-order valence-electron chi connectivity index (χ2n) is 7.34. The summed E-state index contributed by atoms with van der Waals surface area (Å²) in [6.07, 6.45) is 4.76. The Morgan fingerprint density at radius 3 is 2.69 bits per heavy atom. The van der Waals surface area contributed by atoms with Crippen molar-refractivity contribution in [3.63, 3.8) is 0 Å². The average Bonchev–Trinajstić information content (AvgIpc) is 3.10. The van der Waals surface area contributed by atoms with Crippen molar-refractivity contribution in [2.24, 2.45) is 5.41 Å². The van der Waals surface area contributed by atoms with Crippen LogP contribution in [0.5, 0.6) is 0 Å². The lowest BCUT2D eigenvalue weighted by Gasteiger charge is -2.26. The van der Waals surface area contributed by atoms with Crippen LogP contribution in [0, 0.1) is 15.5 Å². The first-order valence-electron chi connectivity index (χ1n) is 8.54. The van der Waals surface area contributed by atoms with Gasteiger partial charge in [0, 0.05) is 22.6 Å². The highest BCUT2D eigenvalue weighted by atomic mass is 35.5. The smallest absolute Gasteiger partial charge is 0.265 e. The molecule has 0 N–H and O–H groups in total. The van der Waals surface area contributed by atoms with Gasteiger partial charge in [0.15, 0.2) is 0 Å². The Morgan fingerprint density at radius 1 is 1.27 bits per heavy atom. The normalized spacial score (nSPS) is 23.3. The van der Waals surface area contributed by atoms with Crippen LogP contribution in [-0.4, -0.2) is 17.1 Å². The summed E-state index contributed by atoms with van der Waals surface area (Å²) in [6, 6.07) is 12.6. The van der Waals surface area contributed by atoms with Gasteiger partial charge in [-0.05, 0) is 41.8 Å². The van der Waals surface area contributed by atoms with Crippen LogP contribution in [0.2, 0.25) is 5.02 Å². The number of rotatable bonds is 3. The summed E-state index contributed by atoms with van der Waals surface area (Å²) in [4.78, 5) is 16.6. The lowest BCUT2D eigenvalue weighted by molar-refractivity contribution is -0.384. The Morgan fingerprint density at radius 2 is 2.00 bits per heavy atom. The largest absolute Gasteiger partial charge is 0.269 e. The molecule has 1 fully saturated rings. The van der Waals surface area contributed by atoms with E-state index < -0.39 is 4.92 Å². The summed E-state index contributed by atoms with van der Waals surface area (Å²) < 4.78 is 0. The van der Waals surface area contributed by atoms with Crippen LogP contribution < -0.4 is 5.06 Å². The van der Waals surface area contributed by atoms with Crippen molar-refractivity contribution in [2.75, 3.05) is 5.06 Å². The molecule has 2 aliphatic heterocycles. The third-order valence-electron chi connectivity index (χ3n) is 5.40. The molecule has 0 saturated carbocycles. The summed E-state index contributed by atoms with van der Waals surface area (Å²) >= 11 is 6.34. The van der Waals surface area contributed by atoms with Crippen LogP contribution in [0.25, 0.3) is 6.08 Å². The predicted molar refractivity (Wildman–Crippen MR) is 102 cm³/mol. The van der Waals surface area contributed by atoms with Crippen molar-refractivity contribution in [1.29, 1.82) is 0 Å². The van der Waals surface area contributed by atoms with Gasteiger partial charge in [0.2, 0.25) is 0 Å². The van der Waals surface area contributed by atoms with Crippen LogP contribution in [0.1, 0.15) is 25.0 Å². The fourth-order valence-corrected chi connectivity index (χ4v) is 3.98. The molecule has 2 aromatic rings. The number of halogens is 1. The third kappa shape index (κ3) is 2.68. The van der Waals surface area contributed by atoms with E-state index in [1.165, 1.54) is 12.1 Å². The standard InChI is InChI=1S/C20H19ClN2O3/c1-20(2)18-12-15-16(21)4-3-5-17(15)22(18)26-19(20)11-8-13-6-9-14(10-7-13)23(24)25/h3-11,18-19H,12H2,1-2H3. The van der Waals surface area contributed by atoms with E-state index in [2.05, 4.69) is 13.8 Å². The van der Waals surface area contributed by atoms with E-state index in [1.807, 2.05) is 35.4 Å². The van der Waals surface area contributed by atoms with Crippen LogP contribution >= 0.6 is 11.6 Å². The van der Waals surface area contributed by atoms with E-state index in [0.717, 1.165) is 28.3 Å².